The average Bonchev–Trinajstić information content (AvgIpc) is 2.84. The van der Waals surface area contributed by atoms with Crippen LogP contribution in [0.1, 0.15) is 18.4 Å². The third-order valence-corrected chi connectivity index (χ3v) is 3.29. The summed E-state index contributed by atoms with van der Waals surface area (Å²) < 4.78 is 6.65. The van der Waals surface area contributed by atoms with E-state index in [0.717, 1.165) is 0 Å². The quantitative estimate of drug-likeness (QED) is 0.728. The highest BCUT2D eigenvalue weighted by atomic mass is 35.5. The maximum absolute atomic E-state index is 12.6. The van der Waals surface area contributed by atoms with Gasteiger partial charge in [-0.1, -0.05) is 23.7 Å². The van der Waals surface area contributed by atoms with Crippen molar-refractivity contribution in [3.8, 4) is 5.88 Å². The zero-order valence-corrected chi connectivity index (χ0v) is 11.8. The molecule has 0 unspecified atom stereocenters. The Morgan fingerprint density at radius 2 is 2.15 bits per heavy atom. The zero-order chi connectivity index (χ0) is 14.3. The summed E-state index contributed by atoms with van der Waals surface area (Å²) in [6.07, 6.45) is 0.595. The van der Waals surface area contributed by atoms with E-state index < -0.39 is 0 Å². The molecule has 0 N–H and O–H groups in total. The van der Waals surface area contributed by atoms with Gasteiger partial charge in [0.15, 0.2) is 0 Å². The number of hydrogen-bond acceptors (Lipinski definition) is 4. The van der Waals surface area contributed by atoms with Crippen molar-refractivity contribution in [1.29, 1.82) is 0 Å². The Bertz CT molecular complexity index is 851. The topological polar surface area (TPSA) is 60.9 Å². The van der Waals surface area contributed by atoms with Crippen molar-refractivity contribution < 1.29 is 4.52 Å². The summed E-state index contributed by atoms with van der Waals surface area (Å²) in [6, 6.07) is 6.75. The number of fused-ring (bicyclic) bond motifs is 1. The molecule has 0 saturated carbocycles. The molecule has 2 aromatic heterocycles. The fraction of sp³-hybridized carbons (Fsp3) is 0.214. The lowest BCUT2D eigenvalue weighted by Crippen LogP contribution is -2.23. The first-order chi connectivity index (χ1) is 9.60. The lowest BCUT2D eigenvalue weighted by atomic mass is 10.2. The molecule has 0 amide bonds. The molecule has 0 saturated heterocycles. The Kier molecular flexibility index (Phi) is 3.06. The van der Waals surface area contributed by atoms with Gasteiger partial charge in [-0.25, -0.2) is 9.55 Å². The van der Waals surface area contributed by atoms with E-state index in [1.165, 1.54) is 4.57 Å². The molecule has 0 aliphatic carbocycles. The van der Waals surface area contributed by atoms with Gasteiger partial charge in [0, 0.05) is 17.5 Å². The maximum Gasteiger partial charge on any atom is 0.268 e. The molecule has 0 spiro atoms. The van der Waals surface area contributed by atoms with Gasteiger partial charge in [0.1, 0.15) is 5.82 Å². The highest BCUT2D eigenvalue weighted by molar-refractivity contribution is 6.31. The van der Waals surface area contributed by atoms with Crippen molar-refractivity contribution in [3.63, 3.8) is 0 Å². The van der Waals surface area contributed by atoms with Crippen LogP contribution in [-0.2, 0) is 6.42 Å². The van der Waals surface area contributed by atoms with Crippen LogP contribution in [0.2, 0.25) is 5.02 Å². The summed E-state index contributed by atoms with van der Waals surface area (Å²) in [5.74, 6) is 0.995. The third-order valence-electron chi connectivity index (χ3n) is 3.05. The van der Waals surface area contributed by atoms with Gasteiger partial charge in [0.25, 0.3) is 5.56 Å². The molecule has 2 heterocycles. The van der Waals surface area contributed by atoms with Crippen LogP contribution in [0.25, 0.3) is 16.8 Å². The SMILES string of the molecule is CCc1nc2cc(Cl)ccc2c(=O)n1-c1cc(C)no1. The molecule has 0 atom stereocenters. The van der Waals surface area contributed by atoms with Gasteiger partial charge in [0.05, 0.1) is 16.6 Å². The minimum atomic E-state index is -0.181. The van der Waals surface area contributed by atoms with Gasteiger partial charge in [-0.05, 0) is 25.1 Å². The van der Waals surface area contributed by atoms with Gasteiger partial charge in [0.2, 0.25) is 5.88 Å². The van der Waals surface area contributed by atoms with Crippen molar-refractivity contribution in [2.24, 2.45) is 0 Å². The predicted octanol–water partition coefficient (Wildman–Crippen LogP) is 2.90. The van der Waals surface area contributed by atoms with Crippen molar-refractivity contribution in [3.05, 3.63) is 51.2 Å². The highest BCUT2D eigenvalue weighted by Crippen LogP contribution is 2.18. The van der Waals surface area contributed by atoms with Crippen molar-refractivity contribution >= 4 is 22.5 Å². The molecule has 0 aliphatic heterocycles. The van der Waals surface area contributed by atoms with Crippen LogP contribution >= 0.6 is 11.6 Å². The molecule has 102 valence electrons. The molecule has 0 fully saturated rings. The molecule has 0 radical (unpaired) electrons. The number of benzene rings is 1. The summed E-state index contributed by atoms with van der Waals surface area (Å²) in [5, 5.41) is 4.88. The maximum atomic E-state index is 12.6. The van der Waals surface area contributed by atoms with E-state index in [2.05, 4.69) is 10.1 Å². The van der Waals surface area contributed by atoms with Crippen LogP contribution in [0.15, 0.2) is 33.6 Å². The largest absolute Gasteiger partial charge is 0.338 e. The summed E-state index contributed by atoms with van der Waals surface area (Å²) in [4.78, 5) is 17.1. The first kappa shape index (κ1) is 12.9. The molecule has 5 nitrogen and oxygen atoms in total. The van der Waals surface area contributed by atoms with Crippen LogP contribution in [0.3, 0.4) is 0 Å². The van der Waals surface area contributed by atoms with Crippen LogP contribution in [0.5, 0.6) is 0 Å². The van der Waals surface area contributed by atoms with E-state index in [1.54, 1.807) is 31.2 Å². The molecule has 20 heavy (non-hydrogen) atoms. The Balaban J connectivity index is 2.39. The Morgan fingerprint density at radius 3 is 2.80 bits per heavy atom. The van der Waals surface area contributed by atoms with Gasteiger partial charge >= 0.3 is 0 Å². The predicted molar refractivity (Wildman–Crippen MR) is 76.5 cm³/mol. The number of hydrogen-bond donors (Lipinski definition) is 0. The summed E-state index contributed by atoms with van der Waals surface area (Å²) in [6.45, 7) is 3.73. The standard InChI is InChI=1S/C14H12ClN3O2/c1-3-12-16-11-7-9(15)4-5-10(11)14(19)18(12)13-6-8(2)17-20-13/h4-7H,3H2,1-2H3. The molecule has 0 bridgehead atoms. The lowest BCUT2D eigenvalue weighted by Gasteiger charge is -2.09. The van der Waals surface area contributed by atoms with Gasteiger partial charge in [-0.15, -0.1) is 0 Å². The minimum absolute atomic E-state index is 0.181. The second-order valence-electron chi connectivity index (χ2n) is 4.49. The molecular formula is C14H12ClN3O2. The summed E-state index contributed by atoms with van der Waals surface area (Å²) >= 11 is 5.95. The fourth-order valence-corrected chi connectivity index (χ4v) is 2.29. The number of halogens is 1. The summed E-state index contributed by atoms with van der Waals surface area (Å²) in [5.41, 5.74) is 1.12. The normalized spacial score (nSPS) is 11.2. The van der Waals surface area contributed by atoms with Gasteiger partial charge in [-0.3, -0.25) is 4.79 Å². The first-order valence-electron chi connectivity index (χ1n) is 6.25. The third kappa shape index (κ3) is 2.00. The monoisotopic (exact) mass is 289 g/mol. The van der Waals surface area contributed by atoms with Gasteiger partial charge < -0.3 is 4.52 Å². The Morgan fingerprint density at radius 1 is 1.35 bits per heavy atom. The summed E-state index contributed by atoms with van der Waals surface area (Å²) in [7, 11) is 0. The Hall–Kier alpha value is -2.14. The number of aromatic nitrogens is 3. The van der Waals surface area contributed by atoms with E-state index >= 15 is 0 Å². The molecule has 3 rings (SSSR count). The lowest BCUT2D eigenvalue weighted by molar-refractivity contribution is 0.396. The molecule has 6 heteroatoms. The number of rotatable bonds is 2. The van der Waals surface area contributed by atoms with E-state index in [1.807, 2.05) is 6.92 Å². The first-order valence-corrected chi connectivity index (χ1v) is 6.63. The van der Waals surface area contributed by atoms with Crippen molar-refractivity contribution in [1.82, 2.24) is 14.7 Å². The minimum Gasteiger partial charge on any atom is -0.338 e. The van der Waals surface area contributed by atoms with Crippen LogP contribution in [-0.4, -0.2) is 14.7 Å². The fourth-order valence-electron chi connectivity index (χ4n) is 2.12. The van der Waals surface area contributed by atoms with Crippen molar-refractivity contribution in [2.45, 2.75) is 20.3 Å². The number of aryl methyl sites for hydroxylation is 2. The van der Waals surface area contributed by atoms with Crippen LogP contribution in [0, 0.1) is 6.92 Å². The van der Waals surface area contributed by atoms with E-state index in [9.17, 15) is 4.79 Å². The second-order valence-corrected chi connectivity index (χ2v) is 4.93. The molecular weight excluding hydrogens is 278 g/mol. The molecule has 1 aromatic carbocycles. The molecule has 3 aromatic rings. The second kappa shape index (κ2) is 4.76. The highest BCUT2D eigenvalue weighted by Gasteiger charge is 2.14. The van der Waals surface area contributed by atoms with Gasteiger partial charge in [-0.2, -0.15) is 0 Å². The van der Waals surface area contributed by atoms with Crippen LogP contribution < -0.4 is 5.56 Å². The zero-order valence-electron chi connectivity index (χ0n) is 11.1. The van der Waals surface area contributed by atoms with E-state index in [4.69, 9.17) is 16.1 Å². The van der Waals surface area contributed by atoms with E-state index in [-0.39, 0.29) is 5.56 Å². The molecule has 0 aliphatic rings. The van der Waals surface area contributed by atoms with Crippen molar-refractivity contribution in [2.75, 3.05) is 0 Å². The average molecular weight is 290 g/mol. The Labute approximate surface area is 119 Å². The van der Waals surface area contributed by atoms with Crippen LogP contribution in [0.4, 0.5) is 0 Å². The smallest absolute Gasteiger partial charge is 0.268 e. The van der Waals surface area contributed by atoms with E-state index in [0.29, 0.717) is 39.7 Å². The number of nitrogens with zero attached hydrogens (tertiary/aromatic N) is 3.